The molecule has 2 N–H and O–H groups in total. The van der Waals surface area contributed by atoms with Crippen LogP contribution in [0.3, 0.4) is 0 Å². The molecule has 8 nitrogen and oxygen atoms in total. The number of aliphatic hydroxyl groups excluding tert-OH is 1. The third-order valence-electron chi connectivity index (χ3n) is 11.1. The lowest BCUT2D eigenvalue weighted by atomic mass is 10.0. The summed E-state index contributed by atoms with van der Waals surface area (Å²) in [7, 11) is 1.24. The summed E-state index contributed by atoms with van der Waals surface area (Å²) in [6.45, 7) is 4.62. The minimum absolute atomic E-state index is 0.00785. The van der Waals surface area contributed by atoms with Gasteiger partial charge in [0.1, 0.15) is 13.2 Å². The number of quaternary nitrogens is 1. The Morgan fingerprint density at radius 1 is 0.576 bits per heavy atom. The number of carbonyl (C=O) groups is 1. The fourth-order valence-electron chi connectivity index (χ4n) is 7.13. The van der Waals surface area contributed by atoms with Crippen LogP contribution in [0.4, 0.5) is 0 Å². The predicted molar refractivity (Wildman–Crippen MR) is 251 cm³/mol. The van der Waals surface area contributed by atoms with Crippen molar-refractivity contribution in [3.05, 3.63) is 36.5 Å². The van der Waals surface area contributed by atoms with Gasteiger partial charge in [-0.05, 0) is 44.9 Å². The van der Waals surface area contributed by atoms with E-state index < -0.39 is 26.6 Å². The Hall–Kier alpha value is -1.28. The Labute approximate surface area is 366 Å². The van der Waals surface area contributed by atoms with Crippen LogP contribution in [0.25, 0.3) is 0 Å². The van der Waals surface area contributed by atoms with Crippen LogP contribution in [-0.2, 0) is 18.4 Å². The van der Waals surface area contributed by atoms with Gasteiger partial charge in [-0.1, -0.05) is 211 Å². The largest absolute Gasteiger partial charge is 0.756 e. The Balaban J connectivity index is 4.33. The molecule has 1 amide bonds. The lowest BCUT2D eigenvalue weighted by Crippen LogP contribution is -2.45. The molecule has 0 saturated heterocycles. The van der Waals surface area contributed by atoms with Crippen molar-refractivity contribution in [1.29, 1.82) is 0 Å². The quantitative estimate of drug-likeness (QED) is 0.0273. The smallest absolute Gasteiger partial charge is 0.268 e. The molecule has 0 saturated carbocycles. The number of nitrogens with one attached hydrogen (secondary N) is 1. The number of aliphatic hydroxyl groups is 1. The van der Waals surface area contributed by atoms with Crippen molar-refractivity contribution in [3.63, 3.8) is 0 Å². The van der Waals surface area contributed by atoms with Gasteiger partial charge in [0.2, 0.25) is 5.91 Å². The van der Waals surface area contributed by atoms with Gasteiger partial charge in [-0.25, -0.2) is 0 Å². The molecule has 0 aliphatic carbocycles. The molecule has 0 heterocycles. The highest BCUT2D eigenvalue weighted by Gasteiger charge is 2.23. The molecule has 0 bridgehead atoms. The zero-order valence-electron chi connectivity index (χ0n) is 39.5. The topological polar surface area (TPSA) is 108 Å². The van der Waals surface area contributed by atoms with Gasteiger partial charge in [0.05, 0.1) is 39.9 Å². The lowest BCUT2D eigenvalue weighted by Gasteiger charge is -2.29. The van der Waals surface area contributed by atoms with Gasteiger partial charge in [0.25, 0.3) is 7.82 Å². The summed E-state index contributed by atoms with van der Waals surface area (Å²) in [6.07, 6.45) is 52.1. The summed E-state index contributed by atoms with van der Waals surface area (Å²) in [6, 6.07) is -0.906. The number of hydrogen-bond acceptors (Lipinski definition) is 6. The first-order chi connectivity index (χ1) is 28.5. The molecule has 3 unspecified atom stereocenters. The second-order valence-corrected chi connectivity index (χ2v) is 19.6. The molecule has 0 aromatic heterocycles. The average molecular weight is 853 g/mol. The fourth-order valence-corrected chi connectivity index (χ4v) is 7.85. The summed E-state index contributed by atoms with van der Waals surface area (Å²) >= 11 is 0. The Bertz CT molecular complexity index is 1060. The summed E-state index contributed by atoms with van der Waals surface area (Å²) < 4.78 is 23.2. The van der Waals surface area contributed by atoms with Crippen LogP contribution in [0.2, 0.25) is 0 Å². The van der Waals surface area contributed by atoms with Gasteiger partial charge in [0.15, 0.2) is 0 Å². The van der Waals surface area contributed by atoms with E-state index in [0.29, 0.717) is 17.4 Å². The molecule has 348 valence electrons. The van der Waals surface area contributed by atoms with E-state index in [1.54, 1.807) is 6.08 Å². The first-order valence-corrected chi connectivity index (χ1v) is 26.3. The third kappa shape index (κ3) is 44.6. The van der Waals surface area contributed by atoms with Crippen molar-refractivity contribution >= 4 is 13.7 Å². The first kappa shape index (κ1) is 57.7. The number of allylic oxidation sites excluding steroid dienone is 5. The minimum Gasteiger partial charge on any atom is -0.756 e. The van der Waals surface area contributed by atoms with Crippen molar-refractivity contribution < 1.29 is 32.9 Å². The number of carbonyl (C=O) groups excluding carboxylic acids is 1. The van der Waals surface area contributed by atoms with Crippen LogP contribution < -0.4 is 10.2 Å². The van der Waals surface area contributed by atoms with E-state index in [9.17, 15) is 19.4 Å². The van der Waals surface area contributed by atoms with Crippen molar-refractivity contribution in [2.75, 3.05) is 40.9 Å². The van der Waals surface area contributed by atoms with Gasteiger partial charge in [-0.3, -0.25) is 9.36 Å². The maximum absolute atomic E-state index is 12.8. The molecule has 0 aliphatic rings. The van der Waals surface area contributed by atoms with Gasteiger partial charge >= 0.3 is 0 Å². The minimum atomic E-state index is -4.60. The second kappa shape index (κ2) is 42.0. The summed E-state index contributed by atoms with van der Waals surface area (Å²) in [5, 5.41) is 13.8. The third-order valence-corrected chi connectivity index (χ3v) is 12.0. The van der Waals surface area contributed by atoms with Crippen molar-refractivity contribution in [2.24, 2.45) is 0 Å². The number of phosphoric acid groups is 1. The summed E-state index contributed by atoms with van der Waals surface area (Å²) in [5.74, 6) is -0.211. The Morgan fingerprint density at radius 3 is 1.37 bits per heavy atom. The predicted octanol–water partition coefficient (Wildman–Crippen LogP) is 13.6. The number of nitrogens with zero attached hydrogens (tertiary/aromatic N) is 1. The van der Waals surface area contributed by atoms with Gasteiger partial charge in [-0.15, -0.1) is 0 Å². The number of hydrogen-bond donors (Lipinski definition) is 2. The van der Waals surface area contributed by atoms with Crippen molar-refractivity contribution in [2.45, 2.75) is 238 Å². The molecule has 0 aliphatic heterocycles. The Morgan fingerprint density at radius 2 is 0.949 bits per heavy atom. The standard InChI is InChI=1S/C50H97N2O6P/c1-6-8-10-12-14-16-18-20-21-22-23-24-25-26-27-28-29-30-31-32-33-35-37-39-41-43-49(53)48(47-58-59(55,56)57-46-45-52(3,4)5)51-50(54)44-42-40-38-36-34-19-17-15-13-11-9-7-2/h29-30,33,35,41,43,48-49,53H,6-28,31-32,34,36-40,42,44-47H2,1-5H3,(H-,51,54,55,56)/b30-29+,35-33+,43-41+. The van der Waals surface area contributed by atoms with Gasteiger partial charge in [-0.2, -0.15) is 0 Å². The number of likely N-dealkylation sites (N-methyl/N-ethyl adjacent to an activating group) is 1. The molecule has 59 heavy (non-hydrogen) atoms. The molecule has 0 fully saturated rings. The number of rotatable bonds is 45. The SMILES string of the molecule is CCCCCCCCCCCCCCCCC/C=C/CC/C=C/CC/C=C/C(O)C(COP(=O)([O-])OCC[N+](C)(C)C)NC(=O)CCCCCCCCCCCCCC. The number of phosphoric ester groups is 1. The zero-order chi connectivity index (χ0) is 43.6. The highest BCUT2D eigenvalue weighted by Crippen LogP contribution is 2.38. The van der Waals surface area contributed by atoms with E-state index in [0.717, 1.165) is 44.9 Å². The molecule has 0 aromatic rings. The van der Waals surface area contributed by atoms with E-state index in [2.05, 4.69) is 43.5 Å². The summed E-state index contributed by atoms with van der Waals surface area (Å²) in [4.78, 5) is 25.3. The fraction of sp³-hybridized carbons (Fsp3) is 0.860. The lowest BCUT2D eigenvalue weighted by molar-refractivity contribution is -0.870. The molecule has 3 atom stereocenters. The molecule has 0 rings (SSSR count). The number of unbranched alkanes of at least 4 members (excludes halogenated alkanes) is 28. The van der Waals surface area contributed by atoms with E-state index >= 15 is 0 Å². The van der Waals surface area contributed by atoms with Crippen molar-refractivity contribution in [3.8, 4) is 0 Å². The monoisotopic (exact) mass is 853 g/mol. The first-order valence-electron chi connectivity index (χ1n) is 24.9. The highest BCUT2D eigenvalue weighted by atomic mass is 31.2. The van der Waals surface area contributed by atoms with E-state index in [1.807, 2.05) is 27.2 Å². The van der Waals surface area contributed by atoms with Crippen LogP contribution in [0.5, 0.6) is 0 Å². The molecule has 0 aromatic carbocycles. The maximum Gasteiger partial charge on any atom is 0.268 e. The second-order valence-electron chi connectivity index (χ2n) is 18.2. The molecule has 0 spiro atoms. The van der Waals surface area contributed by atoms with E-state index in [-0.39, 0.29) is 12.5 Å². The average Bonchev–Trinajstić information content (AvgIpc) is 3.19. The van der Waals surface area contributed by atoms with Crippen LogP contribution in [0.1, 0.15) is 226 Å². The van der Waals surface area contributed by atoms with Crippen molar-refractivity contribution in [1.82, 2.24) is 5.32 Å². The van der Waals surface area contributed by atoms with Crippen LogP contribution in [-0.4, -0.2) is 68.5 Å². The van der Waals surface area contributed by atoms with Crippen LogP contribution in [0.15, 0.2) is 36.5 Å². The van der Waals surface area contributed by atoms with Gasteiger partial charge < -0.3 is 28.8 Å². The molecular weight excluding hydrogens is 756 g/mol. The summed E-state index contributed by atoms with van der Waals surface area (Å²) in [5.41, 5.74) is 0. The molecule has 0 radical (unpaired) electrons. The maximum atomic E-state index is 12.8. The number of amides is 1. The Kier molecular flexibility index (Phi) is 41.1. The normalized spacial score (nSPS) is 14.5. The van der Waals surface area contributed by atoms with E-state index in [4.69, 9.17) is 9.05 Å². The van der Waals surface area contributed by atoms with Crippen LogP contribution in [0, 0.1) is 0 Å². The van der Waals surface area contributed by atoms with Gasteiger partial charge in [0, 0.05) is 6.42 Å². The van der Waals surface area contributed by atoms with E-state index in [1.165, 1.54) is 161 Å². The molecule has 9 heteroatoms. The zero-order valence-corrected chi connectivity index (χ0v) is 40.4. The van der Waals surface area contributed by atoms with Crippen LogP contribution >= 0.6 is 7.82 Å². The highest BCUT2D eigenvalue weighted by molar-refractivity contribution is 7.45. The molecular formula is C50H97N2O6P.